The van der Waals surface area contributed by atoms with Crippen LogP contribution in [0.5, 0.6) is 0 Å². The Bertz CT molecular complexity index is 917. The van der Waals surface area contributed by atoms with E-state index < -0.39 is 5.76 Å². The highest BCUT2D eigenvalue weighted by atomic mass is 32.2. The molecule has 2 aromatic carbocycles. The highest BCUT2D eigenvalue weighted by molar-refractivity contribution is 8.00. The minimum atomic E-state index is -2.57. The lowest BCUT2D eigenvalue weighted by Gasteiger charge is -2.09. The lowest BCUT2D eigenvalue weighted by atomic mass is 10.2. The van der Waals surface area contributed by atoms with Crippen molar-refractivity contribution < 1.29 is 22.4 Å². The first-order chi connectivity index (χ1) is 13.0. The van der Waals surface area contributed by atoms with E-state index in [1.807, 2.05) is 0 Å². The number of hydrogen-bond donors (Lipinski definition) is 1. The molecule has 0 aliphatic carbocycles. The van der Waals surface area contributed by atoms with Crippen LogP contribution >= 0.6 is 23.5 Å². The van der Waals surface area contributed by atoms with E-state index in [0.717, 1.165) is 11.8 Å². The Morgan fingerprint density at radius 1 is 1.15 bits per heavy atom. The second-order valence-electron chi connectivity index (χ2n) is 5.21. The highest BCUT2D eigenvalue weighted by Crippen LogP contribution is 2.32. The minimum absolute atomic E-state index is 0.00293. The van der Waals surface area contributed by atoms with Crippen LogP contribution in [0.2, 0.25) is 0 Å². The number of amides is 1. The molecule has 1 amide bonds. The Balaban J connectivity index is 1.58. The summed E-state index contributed by atoms with van der Waals surface area (Å²) in [6, 6.07) is 12.1. The zero-order valence-corrected chi connectivity index (χ0v) is 15.3. The van der Waals surface area contributed by atoms with Crippen molar-refractivity contribution in [2.24, 2.45) is 0 Å². The molecule has 140 valence electrons. The largest absolute Gasteiger partial charge is 0.431 e. The van der Waals surface area contributed by atoms with Crippen molar-refractivity contribution in [2.45, 2.75) is 15.9 Å². The molecule has 0 saturated carbocycles. The van der Waals surface area contributed by atoms with Gasteiger partial charge < -0.3 is 9.73 Å². The van der Waals surface area contributed by atoms with Gasteiger partial charge in [-0.25, -0.2) is 9.37 Å². The quantitative estimate of drug-likeness (QED) is 0.519. The second-order valence-corrected chi connectivity index (χ2v) is 7.17. The van der Waals surface area contributed by atoms with Crippen molar-refractivity contribution in [3.8, 4) is 11.3 Å². The van der Waals surface area contributed by atoms with Gasteiger partial charge in [-0.15, -0.1) is 0 Å². The molecule has 1 N–H and O–H groups in total. The van der Waals surface area contributed by atoms with Crippen LogP contribution in [0, 0.1) is 5.82 Å². The summed E-state index contributed by atoms with van der Waals surface area (Å²) in [5.41, 5.74) is 0.992. The topological polar surface area (TPSA) is 55.1 Å². The van der Waals surface area contributed by atoms with E-state index in [-0.39, 0.29) is 22.7 Å². The van der Waals surface area contributed by atoms with E-state index in [9.17, 15) is 18.0 Å². The van der Waals surface area contributed by atoms with Crippen LogP contribution in [0.15, 0.2) is 69.3 Å². The van der Waals surface area contributed by atoms with Crippen molar-refractivity contribution >= 4 is 35.1 Å². The summed E-state index contributed by atoms with van der Waals surface area (Å²) in [5, 5.41) is 2.88. The number of nitrogens with zero attached hydrogens (tertiary/aromatic N) is 1. The van der Waals surface area contributed by atoms with Crippen LogP contribution < -0.4 is 5.32 Å². The van der Waals surface area contributed by atoms with Crippen LogP contribution in [0.1, 0.15) is 0 Å². The summed E-state index contributed by atoms with van der Waals surface area (Å²) in [6.07, 6.45) is 1.49. The van der Waals surface area contributed by atoms with Gasteiger partial charge in [0.1, 0.15) is 5.82 Å². The van der Waals surface area contributed by atoms with Gasteiger partial charge in [-0.3, -0.25) is 4.79 Å². The SMILES string of the molecule is O=C(CSc1ncc(-c2ccc(F)cc2)o1)Nc1ccccc1SC(F)F. The predicted octanol–water partition coefficient (Wildman–Crippen LogP) is 5.53. The van der Waals surface area contributed by atoms with Crippen LogP contribution in [0.4, 0.5) is 18.9 Å². The molecule has 27 heavy (non-hydrogen) atoms. The van der Waals surface area contributed by atoms with E-state index in [0.29, 0.717) is 33.7 Å². The molecule has 0 fully saturated rings. The zero-order chi connectivity index (χ0) is 19.2. The molecule has 0 aliphatic rings. The first-order valence-electron chi connectivity index (χ1n) is 7.69. The number of aromatic nitrogens is 1. The summed E-state index contributed by atoms with van der Waals surface area (Å²) in [5.74, 6) is -2.85. The van der Waals surface area contributed by atoms with E-state index in [2.05, 4.69) is 10.3 Å². The third-order valence-corrected chi connectivity index (χ3v) is 4.95. The Morgan fingerprint density at radius 3 is 2.63 bits per heavy atom. The van der Waals surface area contributed by atoms with E-state index in [1.54, 1.807) is 30.3 Å². The van der Waals surface area contributed by atoms with Gasteiger partial charge in [0.15, 0.2) is 5.76 Å². The smallest absolute Gasteiger partial charge is 0.288 e. The number of halogens is 3. The predicted molar refractivity (Wildman–Crippen MR) is 99.6 cm³/mol. The number of alkyl halides is 2. The molecular formula is C18H13F3N2O2S2. The molecule has 0 radical (unpaired) electrons. The van der Waals surface area contributed by atoms with Crippen LogP contribution in [0.25, 0.3) is 11.3 Å². The van der Waals surface area contributed by atoms with E-state index >= 15 is 0 Å². The number of para-hydroxylation sites is 1. The number of nitrogens with one attached hydrogen (secondary N) is 1. The number of hydrogen-bond acceptors (Lipinski definition) is 5. The lowest BCUT2D eigenvalue weighted by Crippen LogP contribution is -2.14. The molecule has 3 rings (SSSR count). The molecule has 0 saturated heterocycles. The molecule has 9 heteroatoms. The molecular weight excluding hydrogens is 397 g/mol. The summed E-state index contributed by atoms with van der Waals surface area (Å²) in [6.45, 7) is 0. The fourth-order valence-electron chi connectivity index (χ4n) is 2.15. The van der Waals surface area contributed by atoms with Gasteiger partial charge in [-0.2, -0.15) is 8.78 Å². The molecule has 0 aliphatic heterocycles. The lowest BCUT2D eigenvalue weighted by molar-refractivity contribution is -0.113. The first kappa shape index (κ1) is 19.4. The number of rotatable bonds is 7. The molecule has 3 aromatic rings. The minimum Gasteiger partial charge on any atom is -0.431 e. The van der Waals surface area contributed by atoms with Crippen molar-refractivity contribution in [3.05, 3.63) is 60.5 Å². The molecule has 0 atom stereocenters. The standard InChI is InChI=1S/C18H13F3N2O2S2/c19-12-7-5-11(6-8-12)14-9-22-18(25-14)26-10-16(24)23-13-3-1-2-4-15(13)27-17(20)21/h1-9,17H,10H2,(H,23,24). The number of carbonyl (C=O) groups is 1. The van der Waals surface area contributed by atoms with Crippen LogP contribution in [-0.4, -0.2) is 22.4 Å². The molecule has 0 bridgehead atoms. The Hall–Kier alpha value is -2.39. The Labute approximate surface area is 161 Å². The van der Waals surface area contributed by atoms with Gasteiger partial charge in [0, 0.05) is 10.5 Å². The maximum atomic E-state index is 13.0. The summed E-state index contributed by atoms with van der Waals surface area (Å²) >= 11 is 1.44. The van der Waals surface area contributed by atoms with E-state index in [4.69, 9.17) is 4.42 Å². The van der Waals surface area contributed by atoms with E-state index in [1.165, 1.54) is 24.4 Å². The number of carbonyl (C=O) groups excluding carboxylic acids is 1. The molecule has 0 spiro atoms. The highest BCUT2D eigenvalue weighted by Gasteiger charge is 2.13. The Kier molecular flexibility index (Phi) is 6.46. The number of thioether (sulfide) groups is 2. The maximum Gasteiger partial charge on any atom is 0.288 e. The first-order valence-corrected chi connectivity index (χ1v) is 9.56. The third-order valence-electron chi connectivity index (χ3n) is 3.32. The normalized spacial score (nSPS) is 11.0. The number of anilines is 1. The summed E-state index contributed by atoms with van der Waals surface area (Å²) in [4.78, 5) is 16.5. The summed E-state index contributed by atoms with van der Waals surface area (Å²) < 4.78 is 43.6. The average Bonchev–Trinajstić information content (AvgIpc) is 3.11. The van der Waals surface area contributed by atoms with Crippen molar-refractivity contribution in [1.82, 2.24) is 4.98 Å². The van der Waals surface area contributed by atoms with Gasteiger partial charge in [-0.1, -0.05) is 35.7 Å². The number of benzene rings is 2. The van der Waals surface area contributed by atoms with Gasteiger partial charge >= 0.3 is 0 Å². The maximum absolute atomic E-state index is 13.0. The monoisotopic (exact) mass is 410 g/mol. The molecule has 1 heterocycles. The average molecular weight is 410 g/mol. The van der Waals surface area contributed by atoms with Crippen molar-refractivity contribution in [3.63, 3.8) is 0 Å². The summed E-state index contributed by atoms with van der Waals surface area (Å²) in [7, 11) is 0. The second kappa shape index (κ2) is 9.01. The van der Waals surface area contributed by atoms with Gasteiger partial charge in [0.05, 0.1) is 17.6 Å². The molecule has 1 aromatic heterocycles. The fraction of sp³-hybridized carbons (Fsp3) is 0.111. The van der Waals surface area contributed by atoms with Gasteiger partial charge in [0.25, 0.3) is 11.0 Å². The Morgan fingerprint density at radius 2 is 1.89 bits per heavy atom. The molecule has 0 unspecified atom stereocenters. The van der Waals surface area contributed by atoms with Crippen LogP contribution in [0.3, 0.4) is 0 Å². The molecule has 4 nitrogen and oxygen atoms in total. The van der Waals surface area contributed by atoms with Crippen molar-refractivity contribution in [2.75, 3.05) is 11.1 Å². The van der Waals surface area contributed by atoms with Crippen LogP contribution in [-0.2, 0) is 4.79 Å². The van der Waals surface area contributed by atoms with Gasteiger partial charge in [-0.05, 0) is 36.4 Å². The zero-order valence-electron chi connectivity index (χ0n) is 13.7. The third kappa shape index (κ3) is 5.54. The van der Waals surface area contributed by atoms with Gasteiger partial charge in [0.2, 0.25) is 5.91 Å². The number of oxazole rings is 1. The van der Waals surface area contributed by atoms with Crippen molar-refractivity contribution in [1.29, 1.82) is 0 Å². The fourth-order valence-corrected chi connectivity index (χ4v) is 3.35.